The molecule has 0 saturated heterocycles. The molecule has 0 bridgehead atoms. The number of nitrogens with zero attached hydrogens (tertiary/aromatic N) is 4. The molecule has 3 rings (SSSR count). The van der Waals surface area contributed by atoms with Crippen molar-refractivity contribution in [1.82, 2.24) is 19.5 Å². The van der Waals surface area contributed by atoms with Crippen LogP contribution in [0, 0.1) is 3.57 Å². The van der Waals surface area contributed by atoms with Crippen molar-refractivity contribution in [3.05, 3.63) is 45.0 Å². The molecule has 2 aromatic heterocycles. The summed E-state index contributed by atoms with van der Waals surface area (Å²) < 4.78 is 8.13. The number of hydrogen-bond donors (Lipinski definition) is 4. The molecule has 0 spiro atoms. The molecule has 0 saturated carbocycles. The van der Waals surface area contributed by atoms with Crippen LogP contribution in [0.2, 0.25) is 5.28 Å². The van der Waals surface area contributed by atoms with Crippen LogP contribution >= 0.6 is 34.2 Å². The summed E-state index contributed by atoms with van der Waals surface area (Å²) in [6.45, 7) is -0.673. The number of fused-ring (bicyclic) bond motifs is 1. The molecule has 0 fully saturated rings. The molecule has 0 unspecified atom stereocenters. The average molecular weight is 520 g/mol. The Morgan fingerprint density at radius 3 is 2.64 bits per heavy atom. The summed E-state index contributed by atoms with van der Waals surface area (Å²) in [5.41, 5.74) is 1.89. The Balaban J connectivity index is 1.89. The molecule has 0 aliphatic carbocycles. The van der Waals surface area contributed by atoms with Crippen LogP contribution in [0.5, 0.6) is 0 Å². The highest BCUT2D eigenvalue weighted by Gasteiger charge is 2.21. The van der Waals surface area contributed by atoms with E-state index in [9.17, 15) is 15.3 Å². The summed E-state index contributed by atoms with van der Waals surface area (Å²) in [4.78, 5) is 12.7. The molecule has 0 aliphatic rings. The average Bonchev–Trinajstić information content (AvgIpc) is 3.11. The number of aliphatic hydroxyl groups excluding tert-OH is 3. The molecule has 1 aromatic carbocycles. The van der Waals surface area contributed by atoms with Gasteiger partial charge in [0.2, 0.25) is 5.28 Å². The van der Waals surface area contributed by atoms with E-state index in [1.165, 1.54) is 10.9 Å². The van der Waals surface area contributed by atoms with Crippen molar-refractivity contribution in [2.75, 3.05) is 25.1 Å². The Morgan fingerprint density at radius 1 is 1.18 bits per heavy atom. The van der Waals surface area contributed by atoms with Crippen molar-refractivity contribution in [1.29, 1.82) is 0 Å². The molecule has 9 nitrogen and oxygen atoms in total. The van der Waals surface area contributed by atoms with Gasteiger partial charge in [-0.2, -0.15) is 9.97 Å². The SMILES string of the molecule is OCC(CO)O[C@H](CO)n1cnc2c(NCc3cccc(I)c3)nc(Cl)nc21. The van der Waals surface area contributed by atoms with Crippen LogP contribution < -0.4 is 5.32 Å². The van der Waals surface area contributed by atoms with Crippen LogP contribution in [0.25, 0.3) is 11.2 Å². The Kier molecular flexibility index (Phi) is 7.37. The summed E-state index contributed by atoms with van der Waals surface area (Å²) in [5.74, 6) is 0.449. The number of aliphatic hydroxyl groups is 3. The number of anilines is 1. The van der Waals surface area contributed by atoms with E-state index in [1.54, 1.807) is 0 Å². The van der Waals surface area contributed by atoms with E-state index in [1.807, 2.05) is 24.3 Å². The fourth-order valence-electron chi connectivity index (χ4n) is 2.62. The molecule has 150 valence electrons. The van der Waals surface area contributed by atoms with E-state index in [0.717, 1.165) is 9.13 Å². The number of rotatable bonds is 9. The van der Waals surface area contributed by atoms with Gasteiger partial charge in [-0.15, -0.1) is 0 Å². The lowest BCUT2D eigenvalue weighted by atomic mass is 10.2. The molecule has 4 N–H and O–H groups in total. The third-order valence-corrected chi connectivity index (χ3v) is 4.81. The first-order valence-electron chi connectivity index (χ1n) is 8.42. The maximum absolute atomic E-state index is 9.68. The molecule has 1 atom stereocenters. The minimum Gasteiger partial charge on any atom is -0.394 e. The van der Waals surface area contributed by atoms with Crippen LogP contribution in [0.3, 0.4) is 0 Å². The maximum Gasteiger partial charge on any atom is 0.226 e. The number of benzene rings is 1. The molecule has 0 aliphatic heterocycles. The van der Waals surface area contributed by atoms with Crippen molar-refractivity contribution < 1.29 is 20.1 Å². The molecule has 0 amide bonds. The molecule has 11 heteroatoms. The predicted molar refractivity (Wildman–Crippen MR) is 112 cm³/mol. The summed E-state index contributed by atoms with van der Waals surface area (Å²) in [6.07, 6.45) is -0.298. The zero-order valence-electron chi connectivity index (χ0n) is 14.7. The number of aromatic nitrogens is 4. The van der Waals surface area contributed by atoms with Gasteiger partial charge in [-0.3, -0.25) is 4.57 Å². The summed E-state index contributed by atoms with van der Waals surface area (Å²) >= 11 is 8.33. The standard InChI is InChI=1S/C17H19ClIN5O4/c18-17-22-15(20-5-10-2-1-3-11(19)4-10)14-16(23-17)24(9-21-14)13(8-27)28-12(6-25)7-26/h1-4,9,12-13,25-27H,5-8H2,(H,20,22,23)/t13-/m1/s1. The first-order valence-corrected chi connectivity index (χ1v) is 9.87. The minimum absolute atomic E-state index is 0.0111. The Bertz CT molecular complexity index is 937. The zero-order valence-corrected chi connectivity index (χ0v) is 17.6. The van der Waals surface area contributed by atoms with E-state index < -0.39 is 32.2 Å². The van der Waals surface area contributed by atoms with Crippen molar-refractivity contribution in [2.24, 2.45) is 0 Å². The lowest BCUT2D eigenvalue weighted by molar-refractivity contribution is -0.110. The van der Waals surface area contributed by atoms with Crippen LogP contribution in [-0.2, 0) is 11.3 Å². The minimum atomic E-state index is -0.899. The van der Waals surface area contributed by atoms with E-state index in [0.29, 0.717) is 23.5 Å². The second-order valence-corrected chi connectivity index (χ2v) is 7.49. The molecule has 2 heterocycles. The Labute approximate surface area is 179 Å². The first kappa shape index (κ1) is 21.1. The number of halogens is 2. The molecular weight excluding hydrogens is 501 g/mol. The van der Waals surface area contributed by atoms with Crippen molar-refractivity contribution in [2.45, 2.75) is 18.9 Å². The maximum atomic E-state index is 9.68. The van der Waals surface area contributed by atoms with Crippen LogP contribution in [0.1, 0.15) is 11.8 Å². The van der Waals surface area contributed by atoms with E-state index in [4.69, 9.17) is 16.3 Å². The smallest absolute Gasteiger partial charge is 0.226 e. The van der Waals surface area contributed by atoms with Crippen molar-refractivity contribution in [3.8, 4) is 0 Å². The van der Waals surface area contributed by atoms with Gasteiger partial charge in [-0.1, -0.05) is 12.1 Å². The van der Waals surface area contributed by atoms with Crippen molar-refractivity contribution >= 4 is 51.2 Å². The van der Waals surface area contributed by atoms with Crippen LogP contribution in [-0.4, -0.2) is 60.8 Å². The Hall–Kier alpha value is -1.57. The van der Waals surface area contributed by atoms with Gasteiger partial charge in [0.25, 0.3) is 0 Å². The molecule has 0 radical (unpaired) electrons. The number of imidazole rings is 1. The summed E-state index contributed by atoms with van der Waals surface area (Å²) in [6, 6.07) is 8.02. The largest absolute Gasteiger partial charge is 0.394 e. The number of ether oxygens (including phenoxy) is 1. The quantitative estimate of drug-likeness (QED) is 0.248. The molecular formula is C17H19ClIN5O4. The second kappa shape index (κ2) is 9.76. The van der Waals surface area contributed by atoms with Crippen molar-refractivity contribution in [3.63, 3.8) is 0 Å². The highest BCUT2D eigenvalue weighted by Crippen LogP contribution is 2.25. The third kappa shape index (κ3) is 4.88. The third-order valence-electron chi connectivity index (χ3n) is 3.97. The second-order valence-electron chi connectivity index (χ2n) is 5.91. The van der Waals surface area contributed by atoms with Gasteiger partial charge in [0.1, 0.15) is 6.10 Å². The topological polar surface area (TPSA) is 126 Å². The monoisotopic (exact) mass is 519 g/mol. The van der Waals surface area contributed by atoms with Gasteiger partial charge in [-0.25, -0.2) is 4.98 Å². The Morgan fingerprint density at radius 2 is 1.96 bits per heavy atom. The first-order chi connectivity index (χ1) is 13.5. The normalized spacial score (nSPS) is 12.6. The lowest BCUT2D eigenvalue weighted by Crippen LogP contribution is -2.28. The lowest BCUT2D eigenvalue weighted by Gasteiger charge is -2.22. The zero-order chi connectivity index (χ0) is 20.1. The fraction of sp³-hybridized carbons (Fsp3) is 0.353. The molecule has 28 heavy (non-hydrogen) atoms. The van der Waals surface area contributed by atoms with E-state index >= 15 is 0 Å². The number of hydrogen-bond acceptors (Lipinski definition) is 8. The van der Waals surface area contributed by atoms with E-state index in [-0.39, 0.29) is 5.28 Å². The summed E-state index contributed by atoms with van der Waals surface area (Å²) in [5, 5.41) is 31.3. The predicted octanol–water partition coefficient (Wildman–Crippen LogP) is 1.56. The molecule has 3 aromatic rings. The summed E-state index contributed by atoms with van der Waals surface area (Å²) in [7, 11) is 0. The van der Waals surface area contributed by atoms with Crippen LogP contribution in [0.4, 0.5) is 5.82 Å². The van der Waals surface area contributed by atoms with Gasteiger partial charge in [0, 0.05) is 10.1 Å². The van der Waals surface area contributed by atoms with Gasteiger partial charge < -0.3 is 25.4 Å². The highest BCUT2D eigenvalue weighted by molar-refractivity contribution is 14.1. The van der Waals surface area contributed by atoms with Crippen LogP contribution in [0.15, 0.2) is 30.6 Å². The van der Waals surface area contributed by atoms with Gasteiger partial charge in [-0.05, 0) is 51.9 Å². The van der Waals surface area contributed by atoms with Gasteiger partial charge >= 0.3 is 0 Å². The highest BCUT2D eigenvalue weighted by atomic mass is 127. The fourth-order valence-corrected chi connectivity index (χ4v) is 3.39. The number of nitrogens with one attached hydrogen (secondary N) is 1. The van der Waals surface area contributed by atoms with Gasteiger partial charge in [0.15, 0.2) is 23.2 Å². The van der Waals surface area contributed by atoms with Gasteiger partial charge in [0.05, 0.1) is 26.1 Å². The van der Waals surface area contributed by atoms with E-state index in [2.05, 4.69) is 42.9 Å².